The van der Waals surface area contributed by atoms with E-state index in [0.717, 1.165) is 27.9 Å². The summed E-state index contributed by atoms with van der Waals surface area (Å²) in [5.74, 6) is -0.0319. The van der Waals surface area contributed by atoms with Crippen LogP contribution in [0, 0.1) is 6.92 Å². The van der Waals surface area contributed by atoms with E-state index in [4.69, 9.17) is 0 Å². The van der Waals surface area contributed by atoms with Gasteiger partial charge in [-0.2, -0.15) is 0 Å². The molecule has 1 N–H and O–H groups in total. The standard InChI is InChI=1S/C19H19N3O2S/c1-15-4-2-5-16(10-15)14-25(23,24)22-12-17-7-8-19(21-11-17)18-6-3-9-20-13-18/h2-11,13,22H,12,14H2,1H3. The Balaban J connectivity index is 1.63. The zero-order chi connectivity index (χ0) is 17.7. The first kappa shape index (κ1) is 17.3. The quantitative estimate of drug-likeness (QED) is 0.739. The Hall–Kier alpha value is -2.57. The van der Waals surface area contributed by atoms with E-state index in [9.17, 15) is 8.42 Å². The number of nitrogens with one attached hydrogen (secondary N) is 1. The van der Waals surface area contributed by atoms with Crippen molar-refractivity contribution >= 4 is 10.0 Å². The fourth-order valence-electron chi connectivity index (χ4n) is 2.48. The molecule has 2 heterocycles. The molecule has 2 aromatic heterocycles. The minimum atomic E-state index is -3.40. The third kappa shape index (κ3) is 4.95. The van der Waals surface area contributed by atoms with Gasteiger partial charge in [-0.15, -0.1) is 0 Å². The topological polar surface area (TPSA) is 72.0 Å². The van der Waals surface area contributed by atoms with Crippen molar-refractivity contribution in [3.63, 3.8) is 0 Å². The number of rotatable bonds is 6. The van der Waals surface area contributed by atoms with Crippen LogP contribution in [0.5, 0.6) is 0 Å². The summed E-state index contributed by atoms with van der Waals surface area (Å²) >= 11 is 0. The van der Waals surface area contributed by atoms with Crippen LogP contribution in [0.15, 0.2) is 67.1 Å². The van der Waals surface area contributed by atoms with E-state index in [1.807, 2.05) is 55.5 Å². The molecule has 0 fully saturated rings. The van der Waals surface area contributed by atoms with E-state index in [1.165, 1.54) is 0 Å². The fraction of sp³-hybridized carbons (Fsp3) is 0.158. The van der Waals surface area contributed by atoms with Gasteiger partial charge in [-0.25, -0.2) is 13.1 Å². The summed E-state index contributed by atoms with van der Waals surface area (Å²) in [6.45, 7) is 2.16. The van der Waals surface area contributed by atoms with Gasteiger partial charge >= 0.3 is 0 Å². The van der Waals surface area contributed by atoms with Gasteiger partial charge in [0, 0.05) is 30.7 Å². The third-order valence-electron chi connectivity index (χ3n) is 3.72. The summed E-state index contributed by atoms with van der Waals surface area (Å²) < 4.78 is 27.1. The van der Waals surface area contributed by atoms with E-state index in [1.54, 1.807) is 18.6 Å². The number of sulfonamides is 1. The van der Waals surface area contributed by atoms with Crippen molar-refractivity contribution in [3.05, 3.63) is 83.8 Å². The van der Waals surface area contributed by atoms with Crippen molar-refractivity contribution in [1.29, 1.82) is 0 Å². The fourth-order valence-corrected chi connectivity index (χ4v) is 3.59. The Morgan fingerprint density at radius 1 is 1.00 bits per heavy atom. The molecule has 0 spiro atoms. The van der Waals surface area contributed by atoms with Crippen molar-refractivity contribution in [2.24, 2.45) is 0 Å². The predicted molar refractivity (Wildman–Crippen MR) is 98.1 cm³/mol. The van der Waals surface area contributed by atoms with Gasteiger partial charge in [0.15, 0.2) is 0 Å². The number of nitrogens with zero attached hydrogens (tertiary/aromatic N) is 2. The van der Waals surface area contributed by atoms with Crippen molar-refractivity contribution < 1.29 is 8.42 Å². The van der Waals surface area contributed by atoms with Crippen LogP contribution in [0.2, 0.25) is 0 Å². The van der Waals surface area contributed by atoms with Gasteiger partial charge in [0.05, 0.1) is 11.4 Å². The lowest BCUT2D eigenvalue weighted by atomic mass is 10.1. The van der Waals surface area contributed by atoms with Crippen LogP contribution in [0.3, 0.4) is 0 Å². The Morgan fingerprint density at radius 2 is 1.88 bits per heavy atom. The maximum absolute atomic E-state index is 12.2. The second-order valence-corrected chi connectivity index (χ2v) is 7.67. The van der Waals surface area contributed by atoms with Gasteiger partial charge < -0.3 is 0 Å². The van der Waals surface area contributed by atoms with E-state index in [-0.39, 0.29) is 12.3 Å². The lowest BCUT2D eigenvalue weighted by molar-refractivity contribution is 0.580. The van der Waals surface area contributed by atoms with Crippen LogP contribution in [0.1, 0.15) is 16.7 Å². The molecule has 25 heavy (non-hydrogen) atoms. The first-order chi connectivity index (χ1) is 12.0. The second-order valence-electron chi connectivity index (χ2n) is 5.86. The second kappa shape index (κ2) is 7.55. The summed E-state index contributed by atoms with van der Waals surface area (Å²) in [7, 11) is -3.40. The van der Waals surface area contributed by atoms with Gasteiger partial charge in [-0.05, 0) is 36.2 Å². The molecule has 0 saturated carbocycles. The maximum atomic E-state index is 12.2. The molecule has 128 valence electrons. The lowest BCUT2D eigenvalue weighted by Gasteiger charge is -2.08. The SMILES string of the molecule is Cc1cccc(CS(=O)(=O)NCc2ccc(-c3cccnc3)nc2)c1. The molecule has 1 aromatic carbocycles. The lowest BCUT2D eigenvalue weighted by Crippen LogP contribution is -2.24. The number of pyridine rings is 2. The number of benzene rings is 1. The van der Waals surface area contributed by atoms with Crippen molar-refractivity contribution in [2.75, 3.05) is 0 Å². The highest BCUT2D eigenvalue weighted by atomic mass is 32.2. The minimum Gasteiger partial charge on any atom is -0.264 e. The summed E-state index contributed by atoms with van der Waals surface area (Å²) in [5, 5.41) is 0. The largest absolute Gasteiger partial charge is 0.264 e. The van der Waals surface area contributed by atoms with Gasteiger partial charge in [0.1, 0.15) is 0 Å². The molecule has 6 heteroatoms. The zero-order valence-corrected chi connectivity index (χ0v) is 14.7. The Labute approximate surface area is 147 Å². The Kier molecular flexibility index (Phi) is 5.21. The smallest absolute Gasteiger partial charge is 0.216 e. The molecule has 3 rings (SSSR count). The minimum absolute atomic E-state index is 0.0319. The normalized spacial score (nSPS) is 11.4. The molecular formula is C19H19N3O2S. The summed E-state index contributed by atoms with van der Waals surface area (Å²) in [6, 6.07) is 15.0. The average molecular weight is 353 g/mol. The molecule has 0 aliphatic carbocycles. The molecule has 0 aliphatic rings. The van der Waals surface area contributed by atoms with E-state index in [0.29, 0.717) is 0 Å². The highest BCUT2D eigenvalue weighted by Crippen LogP contribution is 2.15. The molecule has 0 radical (unpaired) electrons. The third-order valence-corrected chi connectivity index (χ3v) is 5.01. The number of aryl methyl sites for hydroxylation is 1. The number of aromatic nitrogens is 2. The molecule has 0 unspecified atom stereocenters. The van der Waals surface area contributed by atoms with Crippen LogP contribution in [0.25, 0.3) is 11.3 Å². The van der Waals surface area contributed by atoms with Crippen LogP contribution >= 0.6 is 0 Å². The van der Waals surface area contributed by atoms with Gasteiger partial charge in [0.2, 0.25) is 10.0 Å². The first-order valence-corrected chi connectivity index (χ1v) is 9.55. The number of hydrogen-bond donors (Lipinski definition) is 1. The molecule has 0 amide bonds. The highest BCUT2D eigenvalue weighted by molar-refractivity contribution is 7.88. The van der Waals surface area contributed by atoms with Crippen LogP contribution < -0.4 is 4.72 Å². The van der Waals surface area contributed by atoms with Crippen molar-refractivity contribution in [2.45, 2.75) is 19.2 Å². The zero-order valence-electron chi connectivity index (χ0n) is 13.9. The van der Waals surface area contributed by atoms with Crippen LogP contribution in [0.4, 0.5) is 0 Å². The molecule has 0 saturated heterocycles. The number of hydrogen-bond acceptors (Lipinski definition) is 4. The van der Waals surface area contributed by atoms with Crippen LogP contribution in [-0.4, -0.2) is 18.4 Å². The monoisotopic (exact) mass is 353 g/mol. The molecule has 3 aromatic rings. The van der Waals surface area contributed by atoms with E-state index < -0.39 is 10.0 Å². The molecule has 5 nitrogen and oxygen atoms in total. The summed E-state index contributed by atoms with van der Waals surface area (Å²) in [6.07, 6.45) is 5.13. The Bertz CT molecular complexity index is 940. The van der Waals surface area contributed by atoms with Crippen molar-refractivity contribution in [1.82, 2.24) is 14.7 Å². The Morgan fingerprint density at radius 3 is 2.56 bits per heavy atom. The van der Waals surface area contributed by atoms with E-state index >= 15 is 0 Å². The average Bonchev–Trinajstić information content (AvgIpc) is 2.61. The first-order valence-electron chi connectivity index (χ1n) is 7.90. The van der Waals surface area contributed by atoms with E-state index in [2.05, 4.69) is 14.7 Å². The highest BCUT2D eigenvalue weighted by Gasteiger charge is 2.11. The molecular weight excluding hydrogens is 334 g/mol. The molecule has 0 atom stereocenters. The van der Waals surface area contributed by atoms with Gasteiger partial charge in [-0.3, -0.25) is 9.97 Å². The molecule has 0 aliphatic heterocycles. The van der Waals surface area contributed by atoms with Crippen LogP contribution in [-0.2, 0) is 22.3 Å². The summed E-state index contributed by atoms with van der Waals surface area (Å²) in [4.78, 5) is 8.44. The van der Waals surface area contributed by atoms with Gasteiger partial charge in [0.25, 0.3) is 0 Å². The maximum Gasteiger partial charge on any atom is 0.216 e. The predicted octanol–water partition coefficient (Wildman–Crippen LogP) is 3.07. The van der Waals surface area contributed by atoms with Crippen molar-refractivity contribution in [3.8, 4) is 11.3 Å². The molecule has 0 bridgehead atoms. The summed E-state index contributed by atoms with van der Waals surface area (Å²) in [5.41, 5.74) is 4.36. The van der Waals surface area contributed by atoms with Gasteiger partial charge in [-0.1, -0.05) is 35.9 Å².